The van der Waals surface area contributed by atoms with Gasteiger partial charge in [-0.1, -0.05) is 0 Å². The number of carbonyl (C=O) groups is 1. The molecule has 1 unspecified atom stereocenters. The summed E-state index contributed by atoms with van der Waals surface area (Å²) in [5, 5.41) is 3.30. The van der Waals surface area contributed by atoms with Crippen LogP contribution in [0.15, 0.2) is 4.99 Å². The van der Waals surface area contributed by atoms with E-state index in [2.05, 4.69) is 15.2 Å². The van der Waals surface area contributed by atoms with Crippen molar-refractivity contribution in [2.24, 2.45) is 4.99 Å². The van der Waals surface area contributed by atoms with Crippen molar-refractivity contribution in [3.05, 3.63) is 0 Å². The first-order valence-corrected chi connectivity index (χ1v) is 8.20. The molecular formula is C15H28N4O3. The fourth-order valence-electron chi connectivity index (χ4n) is 2.83. The van der Waals surface area contributed by atoms with Gasteiger partial charge in [0.15, 0.2) is 5.96 Å². The maximum absolute atomic E-state index is 12.3. The predicted molar refractivity (Wildman–Crippen MR) is 85.0 cm³/mol. The minimum absolute atomic E-state index is 0.149. The molecule has 126 valence electrons. The van der Waals surface area contributed by atoms with E-state index >= 15 is 0 Å². The Labute approximate surface area is 132 Å². The van der Waals surface area contributed by atoms with E-state index in [1.807, 2.05) is 11.8 Å². The standard InChI is InChI=1S/C15H28N4O3/c1-3-21-12-6-17-15(16-2)19-9-7-18(8-10-19)14(20)13-5-4-11-22-13/h13H,3-12H2,1-2H3,(H,16,17). The van der Waals surface area contributed by atoms with Crippen LogP contribution in [-0.4, -0.2) is 87.4 Å². The Morgan fingerprint density at radius 3 is 2.64 bits per heavy atom. The molecule has 2 rings (SSSR count). The van der Waals surface area contributed by atoms with Gasteiger partial charge >= 0.3 is 0 Å². The number of amides is 1. The first-order valence-electron chi connectivity index (χ1n) is 8.20. The summed E-state index contributed by atoms with van der Waals surface area (Å²) in [7, 11) is 1.78. The highest BCUT2D eigenvalue weighted by molar-refractivity contribution is 5.82. The van der Waals surface area contributed by atoms with Crippen LogP contribution in [0.25, 0.3) is 0 Å². The van der Waals surface area contributed by atoms with Crippen molar-refractivity contribution in [3.8, 4) is 0 Å². The molecular weight excluding hydrogens is 284 g/mol. The Kier molecular flexibility index (Phi) is 6.92. The summed E-state index contributed by atoms with van der Waals surface area (Å²) < 4.78 is 10.8. The van der Waals surface area contributed by atoms with Gasteiger partial charge in [0.25, 0.3) is 5.91 Å². The minimum Gasteiger partial charge on any atom is -0.380 e. The smallest absolute Gasteiger partial charge is 0.251 e. The van der Waals surface area contributed by atoms with Crippen molar-refractivity contribution < 1.29 is 14.3 Å². The predicted octanol–water partition coefficient (Wildman–Crippen LogP) is -0.0785. The number of nitrogens with one attached hydrogen (secondary N) is 1. The number of nitrogens with zero attached hydrogens (tertiary/aromatic N) is 3. The second-order valence-electron chi connectivity index (χ2n) is 5.48. The average molecular weight is 312 g/mol. The van der Waals surface area contributed by atoms with E-state index in [0.29, 0.717) is 13.2 Å². The van der Waals surface area contributed by atoms with Crippen LogP contribution in [0, 0.1) is 0 Å². The van der Waals surface area contributed by atoms with E-state index in [1.54, 1.807) is 7.05 Å². The normalized spacial score (nSPS) is 23.0. The second-order valence-corrected chi connectivity index (χ2v) is 5.48. The summed E-state index contributed by atoms with van der Waals surface area (Å²) in [6.45, 7) is 7.90. The van der Waals surface area contributed by atoms with Gasteiger partial charge < -0.3 is 24.6 Å². The van der Waals surface area contributed by atoms with Crippen molar-refractivity contribution in [2.45, 2.75) is 25.9 Å². The van der Waals surface area contributed by atoms with Crippen molar-refractivity contribution in [1.82, 2.24) is 15.1 Å². The van der Waals surface area contributed by atoms with Gasteiger partial charge in [-0.3, -0.25) is 9.79 Å². The van der Waals surface area contributed by atoms with E-state index in [0.717, 1.165) is 58.1 Å². The van der Waals surface area contributed by atoms with Crippen LogP contribution in [-0.2, 0) is 14.3 Å². The van der Waals surface area contributed by atoms with Crippen LogP contribution in [0.5, 0.6) is 0 Å². The third-order valence-corrected chi connectivity index (χ3v) is 4.04. The number of rotatable bonds is 5. The second kappa shape index (κ2) is 8.95. The van der Waals surface area contributed by atoms with Gasteiger partial charge in [0, 0.05) is 53.0 Å². The van der Waals surface area contributed by atoms with Crippen LogP contribution in [0.3, 0.4) is 0 Å². The Bertz CT molecular complexity index is 375. The highest BCUT2D eigenvalue weighted by atomic mass is 16.5. The molecule has 0 aliphatic carbocycles. The molecule has 0 bridgehead atoms. The molecule has 1 atom stereocenters. The number of hydrogen-bond donors (Lipinski definition) is 1. The monoisotopic (exact) mass is 312 g/mol. The van der Waals surface area contributed by atoms with Gasteiger partial charge in [-0.15, -0.1) is 0 Å². The molecule has 2 heterocycles. The zero-order valence-corrected chi connectivity index (χ0v) is 13.7. The number of carbonyl (C=O) groups excluding carboxylic acids is 1. The van der Waals surface area contributed by atoms with Crippen LogP contribution in [0.2, 0.25) is 0 Å². The number of guanidine groups is 1. The molecule has 1 amide bonds. The molecule has 1 N–H and O–H groups in total. The van der Waals surface area contributed by atoms with E-state index < -0.39 is 0 Å². The molecule has 2 fully saturated rings. The summed E-state index contributed by atoms with van der Waals surface area (Å²) >= 11 is 0. The Morgan fingerprint density at radius 1 is 1.32 bits per heavy atom. The van der Waals surface area contributed by atoms with Crippen molar-refractivity contribution in [3.63, 3.8) is 0 Å². The average Bonchev–Trinajstić information content (AvgIpc) is 3.09. The largest absolute Gasteiger partial charge is 0.380 e. The fraction of sp³-hybridized carbons (Fsp3) is 0.867. The lowest BCUT2D eigenvalue weighted by molar-refractivity contribution is -0.142. The molecule has 0 saturated carbocycles. The van der Waals surface area contributed by atoms with E-state index in [-0.39, 0.29) is 12.0 Å². The summed E-state index contributed by atoms with van der Waals surface area (Å²) in [6.07, 6.45) is 1.64. The molecule has 22 heavy (non-hydrogen) atoms. The summed E-state index contributed by atoms with van der Waals surface area (Å²) in [5.41, 5.74) is 0. The highest BCUT2D eigenvalue weighted by Crippen LogP contribution is 2.16. The number of hydrogen-bond acceptors (Lipinski definition) is 4. The maximum Gasteiger partial charge on any atom is 0.251 e. The molecule has 0 aromatic heterocycles. The number of aliphatic imine (C=N–C) groups is 1. The lowest BCUT2D eigenvalue weighted by atomic mass is 10.2. The fourth-order valence-corrected chi connectivity index (χ4v) is 2.83. The molecule has 7 nitrogen and oxygen atoms in total. The highest BCUT2D eigenvalue weighted by Gasteiger charge is 2.30. The van der Waals surface area contributed by atoms with E-state index in [9.17, 15) is 4.79 Å². The zero-order valence-electron chi connectivity index (χ0n) is 13.7. The molecule has 0 aromatic carbocycles. The van der Waals surface area contributed by atoms with Crippen LogP contribution >= 0.6 is 0 Å². The zero-order chi connectivity index (χ0) is 15.8. The molecule has 7 heteroatoms. The molecule has 2 saturated heterocycles. The molecule has 2 aliphatic rings. The number of piperazine rings is 1. The first-order chi connectivity index (χ1) is 10.8. The van der Waals surface area contributed by atoms with Gasteiger partial charge in [-0.25, -0.2) is 0 Å². The molecule has 0 radical (unpaired) electrons. The quantitative estimate of drug-likeness (QED) is 0.437. The first kappa shape index (κ1) is 17.0. The SMILES string of the molecule is CCOCCNC(=NC)N1CCN(C(=O)C2CCCO2)CC1. The van der Waals surface area contributed by atoms with E-state index in [4.69, 9.17) is 9.47 Å². The van der Waals surface area contributed by atoms with Crippen LogP contribution < -0.4 is 5.32 Å². The van der Waals surface area contributed by atoms with Crippen molar-refractivity contribution in [2.75, 3.05) is 59.6 Å². The lowest BCUT2D eigenvalue weighted by Crippen LogP contribution is -2.55. The molecule has 2 aliphatic heterocycles. The Balaban J connectivity index is 1.74. The molecule has 0 aromatic rings. The van der Waals surface area contributed by atoms with Crippen molar-refractivity contribution in [1.29, 1.82) is 0 Å². The third kappa shape index (κ3) is 4.58. The summed E-state index contributed by atoms with van der Waals surface area (Å²) in [4.78, 5) is 20.7. The van der Waals surface area contributed by atoms with Gasteiger partial charge in [-0.2, -0.15) is 0 Å². The number of ether oxygens (including phenoxy) is 2. The maximum atomic E-state index is 12.3. The Morgan fingerprint density at radius 2 is 2.05 bits per heavy atom. The topological polar surface area (TPSA) is 66.4 Å². The molecule has 0 spiro atoms. The van der Waals surface area contributed by atoms with Gasteiger partial charge in [0.1, 0.15) is 6.10 Å². The Hall–Kier alpha value is -1.34. The van der Waals surface area contributed by atoms with Gasteiger partial charge in [0.2, 0.25) is 0 Å². The van der Waals surface area contributed by atoms with E-state index in [1.165, 1.54) is 0 Å². The summed E-state index contributed by atoms with van der Waals surface area (Å²) in [5.74, 6) is 1.03. The van der Waals surface area contributed by atoms with Gasteiger partial charge in [-0.05, 0) is 19.8 Å². The van der Waals surface area contributed by atoms with Crippen LogP contribution in [0.4, 0.5) is 0 Å². The lowest BCUT2D eigenvalue weighted by Gasteiger charge is -2.37. The van der Waals surface area contributed by atoms with Gasteiger partial charge in [0.05, 0.1) is 6.61 Å². The van der Waals surface area contributed by atoms with Crippen LogP contribution in [0.1, 0.15) is 19.8 Å². The third-order valence-electron chi connectivity index (χ3n) is 4.04. The summed E-state index contributed by atoms with van der Waals surface area (Å²) in [6, 6.07) is 0. The van der Waals surface area contributed by atoms with Crippen molar-refractivity contribution >= 4 is 11.9 Å². The minimum atomic E-state index is -0.213.